The standard InChI is InChI=1S/C34H33Cl2N3O5S/c1-3-8-24-17-23(18-29(43-4-2)32(24)44-22-25-11-12-26(35)20-28(25)36)19-30-33(41)39(34(42)45-30)21-31(40)38-15-13-37(14-16-38)27-9-6-5-7-10-27/h3,5-7,9-12,17-20H,1,4,8,13-16,21-22H2,2H3/b30-19+. The van der Waals surface area contributed by atoms with Crippen LogP contribution in [0.25, 0.3) is 6.08 Å². The summed E-state index contributed by atoms with van der Waals surface area (Å²) in [5.41, 5.74) is 3.31. The Morgan fingerprint density at radius 1 is 0.978 bits per heavy atom. The zero-order chi connectivity index (χ0) is 31.9. The topological polar surface area (TPSA) is 79.4 Å². The van der Waals surface area contributed by atoms with Gasteiger partial charge in [-0.05, 0) is 73.1 Å². The molecule has 0 unspecified atom stereocenters. The Hall–Kier alpha value is -3.92. The summed E-state index contributed by atoms with van der Waals surface area (Å²) < 4.78 is 12.1. The van der Waals surface area contributed by atoms with Crippen molar-refractivity contribution in [3.8, 4) is 11.5 Å². The Morgan fingerprint density at radius 2 is 1.73 bits per heavy atom. The number of hydrogen-bond acceptors (Lipinski definition) is 7. The maximum Gasteiger partial charge on any atom is 0.294 e. The number of thioether (sulfide) groups is 1. The molecule has 11 heteroatoms. The molecule has 3 aromatic carbocycles. The van der Waals surface area contributed by atoms with Crippen molar-refractivity contribution < 1.29 is 23.9 Å². The van der Waals surface area contributed by atoms with Gasteiger partial charge in [0, 0.05) is 53.0 Å². The minimum absolute atomic E-state index is 0.188. The molecule has 2 aliphatic rings. The van der Waals surface area contributed by atoms with Crippen LogP contribution < -0.4 is 14.4 Å². The van der Waals surface area contributed by atoms with Crippen molar-refractivity contribution in [2.45, 2.75) is 20.0 Å². The molecule has 234 valence electrons. The number of carbonyl (C=O) groups is 3. The van der Waals surface area contributed by atoms with Gasteiger partial charge in [-0.15, -0.1) is 6.58 Å². The largest absolute Gasteiger partial charge is 0.490 e. The second kappa shape index (κ2) is 14.9. The van der Waals surface area contributed by atoms with Crippen LogP contribution in [0.15, 0.2) is 78.2 Å². The molecule has 2 saturated heterocycles. The molecule has 0 bridgehead atoms. The van der Waals surface area contributed by atoms with E-state index in [1.807, 2.05) is 43.3 Å². The maximum atomic E-state index is 13.3. The molecule has 8 nitrogen and oxygen atoms in total. The van der Waals surface area contributed by atoms with Crippen LogP contribution in [-0.2, 0) is 22.6 Å². The average Bonchev–Trinajstić information content (AvgIpc) is 3.29. The number of para-hydroxylation sites is 1. The molecule has 0 N–H and O–H groups in total. The molecular formula is C34H33Cl2N3O5S. The molecule has 0 atom stereocenters. The number of halogens is 2. The Morgan fingerprint density at radius 3 is 2.42 bits per heavy atom. The summed E-state index contributed by atoms with van der Waals surface area (Å²) in [6.07, 6.45) is 3.86. The number of amides is 3. The molecule has 3 aromatic rings. The minimum atomic E-state index is -0.498. The molecule has 0 radical (unpaired) electrons. The van der Waals surface area contributed by atoms with Gasteiger partial charge < -0.3 is 19.3 Å². The number of ether oxygens (including phenoxy) is 2. The number of imide groups is 1. The highest BCUT2D eigenvalue weighted by atomic mass is 35.5. The second-order valence-electron chi connectivity index (χ2n) is 10.4. The highest BCUT2D eigenvalue weighted by Gasteiger charge is 2.37. The lowest BCUT2D eigenvalue weighted by molar-refractivity contribution is -0.136. The molecule has 0 aliphatic carbocycles. The number of carbonyl (C=O) groups excluding carboxylic acids is 3. The fraction of sp³-hybridized carbons (Fsp3) is 0.265. The van der Waals surface area contributed by atoms with Gasteiger partial charge in [-0.25, -0.2) is 0 Å². The summed E-state index contributed by atoms with van der Waals surface area (Å²) in [7, 11) is 0. The third-order valence-corrected chi connectivity index (χ3v) is 8.92. The molecule has 2 fully saturated rings. The number of benzene rings is 3. The van der Waals surface area contributed by atoms with Gasteiger partial charge in [0.15, 0.2) is 11.5 Å². The normalized spacial score (nSPS) is 16.0. The molecule has 0 saturated carbocycles. The van der Waals surface area contributed by atoms with Crippen molar-refractivity contribution in [1.29, 1.82) is 0 Å². The molecule has 2 aliphatic heterocycles. The average molecular weight is 667 g/mol. The van der Waals surface area contributed by atoms with E-state index in [2.05, 4.69) is 11.5 Å². The lowest BCUT2D eigenvalue weighted by atomic mass is 10.0. The number of anilines is 1. The van der Waals surface area contributed by atoms with Gasteiger partial charge in [0.25, 0.3) is 11.1 Å². The van der Waals surface area contributed by atoms with Crippen molar-refractivity contribution in [1.82, 2.24) is 9.80 Å². The monoisotopic (exact) mass is 665 g/mol. The fourth-order valence-corrected chi connectivity index (χ4v) is 6.47. The van der Waals surface area contributed by atoms with E-state index in [1.165, 1.54) is 0 Å². The zero-order valence-corrected chi connectivity index (χ0v) is 27.2. The molecular weight excluding hydrogens is 633 g/mol. The van der Waals surface area contributed by atoms with E-state index in [9.17, 15) is 14.4 Å². The lowest BCUT2D eigenvalue weighted by Crippen LogP contribution is -2.51. The van der Waals surface area contributed by atoms with Crippen LogP contribution in [-0.4, -0.2) is 66.2 Å². The predicted octanol–water partition coefficient (Wildman–Crippen LogP) is 7.08. The Kier molecular flexibility index (Phi) is 10.8. The van der Waals surface area contributed by atoms with Gasteiger partial charge in [-0.1, -0.05) is 53.5 Å². The highest BCUT2D eigenvalue weighted by molar-refractivity contribution is 8.18. The first kappa shape index (κ1) is 32.5. The first-order valence-corrected chi connectivity index (χ1v) is 16.1. The fourth-order valence-electron chi connectivity index (χ4n) is 5.17. The SMILES string of the molecule is C=CCc1cc(/C=C2/SC(=O)N(CC(=O)N3CCN(c4ccccc4)CC3)C2=O)cc(OCC)c1OCc1ccc(Cl)cc1Cl. The van der Waals surface area contributed by atoms with Crippen LogP contribution in [0.3, 0.4) is 0 Å². The number of hydrogen-bond donors (Lipinski definition) is 0. The van der Waals surface area contributed by atoms with E-state index in [0.717, 1.165) is 33.5 Å². The summed E-state index contributed by atoms with van der Waals surface area (Å²) in [6.45, 7) is 8.41. The quantitative estimate of drug-likeness (QED) is 0.160. The zero-order valence-electron chi connectivity index (χ0n) is 24.8. The van der Waals surface area contributed by atoms with Crippen molar-refractivity contribution >= 4 is 63.8 Å². The summed E-state index contributed by atoms with van der Waals surface area (Å²) in [5.74, 6) is 0.269. The second-order valence-corrected chi connectivity index (χ2v) is 12.3. The van der Waals surface area contributed by atoms with E-state index < -0.39 is 11.1 Å². The van der Waals surface area contributed by atoms with Crippen LogP contribution >= 0.6 is 35.0 Å². The Labute approximate surface area is 277 Å². The minimum Gasteiger partial charge on any atom is -0.490 e. The van der Waals surface area contributed by atoms with Crippen LogP contribution in [0, 0.1) is 0 Å². The molecule has 0 aromatic heterocycles. The number of allylic oxidation sites excluding steroid dienone is 1. The summed E-state index contributed by atoms with van der Waals surface area (Å²) in [4.78, 5) is 44.5. The van der Waals surface area contributed by atoms with Crippen LogP contribution in [0.1, 0.15) is 23.6 Å². The molecule has 45 heavy (non-hydrogen) atoms. The smallest absolute Gasteiger partial charge is 0.294 e. The van der Waals surface area contributed by atoms with E-state index in [1.54, 1.807) is 41.3 Å². The van der Waals surface area contributed by atoms with Crippen molar-refractivity contribution in [3.63, 3.8) is 0 Å². The predicted molar refractivity (Wildman–Crippen MR) is 180 cm³/mol. The molecule has 3 amide bonds. The maximum absolute atomic E-state index is 13.3. The van der Waals surface area contributed by atoms with Gasteiger partial charge in [0.1, 0.15) is 13.2 Å². The van der Waals surface area contributed by atoms with E-state index in [0.29, 0.717) is 66.3 Å². The van der Waals surface area contributed by atoms with Crippen molar-refractivity contribution in [2.75, 3.05) is 44.2 Å². The summed E-state index contributed by atoms with van der Waals surface area (Å²) in [5, 5.41) is 0.551. The van der Waals surface area contributed by atoms with Gasteiger partial charge >= 0.3 is 0 Å². The Bertz CT molecular complexity index is 1620. The third-order valence-electron chi connectivity index (χ3n) is 7.42. The van der Waals surface area contributed by atoms with Crippen molar-refractivity contribution in [3.05, 3.63) is 105 Å². The van der Waals surface area contributed by atoms with E-state index in [4.69, 9.17) is 32.7 Å². The van der Waals surface area contributed by atoms with E-state index in [-0.39, 0.29) is 24.0 Å². The summed E-state index contributed by atoms with van der Waals surface area (Å²) in [6, 6.07) is 18.9. The highest BCUT2D eigenvalue weighted by Crippen LogP contribution is 2.38. The number of piperazine rings is 1. The number of nitrogens with zero attached hydrogens (tertiary/aromatic N) is 3. The van der Waals surface area contributed by atoms with Gasteiger partial charge in [-0.3, -0.25) is 19.3 Å². The number of rotatable bonds is 11. The van der Waals surface area contributed by atoms with Gasteiger partial charge in [-0.2, -0.15) is 0 Å². The first-order valence-electron chi connectivity index (χ1n) is 14.6. The van der Waals surface area contributed by atoms with Crippen LogP contribution in [0.2, 0.25) is 10.0 Å². The van der Waals surface area contributed by atoms with Gasteiger partial charge in [0.2, 0.25) is 5.91 Å². The molecule has 2 heterocycles. The van der Waals surface area contributed by atoms with Crippen LogP contribution in [0.5, 0.6) is 11.5 Å². The van der Waals surface area contributed by atoms with E-state index >= 15 is 0 Å². The molecule has 5 rings (SSSR count). The summed E-state index contributed by atoms with van der Waals surface area (Å²) >= 11 is 13.2. The van der Waals surface area contributed by atoms with Crippen molar-refractivity contribution in [2.24, 2.45) is 0 Å². The first-order chi connectivity index (χ1) is 21.8. The lowest BCUT2D eigenvalue weighted by Gasteiger charge is -2.36. The molecule has 0 spiro atoms. The third kappa shape index (κ3) is 7.84. The Balaban J connectivity index is 1.29. The van der Waals surface area contributed by atoms with Crippen LogP contribution in [0.4, 0.5) is 10.5 Å². The van der Waals surface area contributed by atoms with Gasteiger partial charge in [0.05, 0.1) is 11.5 Å².